The Hall–Kier alpha value is -2.37. The molecule has 6 heteroatoms. The summed E-state index contributed by atoms with van der Waals surface area (Å²) in [5.41, 5.74) is 1.20. The lowest BCUT2D eigenvalue weighted by Crippen LogP contribution is -2.31. The molecule has 2 aromatic rings. The summed E-state index contributed by atoms with van der Waals surface area (Å²) in [5.74, 6) is 1.31. The molecule has 0 N–H and O–H groups in total. The molecule has 0 spiro atoms. The van der Waals surface area contributed by atoms with E-state index in [-0.39, 0.29) is 12.0 Å². The van der Waals surface area contributed by atoms with Crippen molar-refractivity contribution in [1.29, 1.82) is 0 Å². The Morgan fingerprint density at radius 3 is 2.81 bits per heavy atom. The number of nitrogens with zero attached hydrogens (tertiary/aromatic N) is 3. The predicted molar refractivity (Wildman–Crippen MR) is 75.2 cm³/mol. The molecular weight excluding hydrogens is 270 g/mol. The van der Waals surface area contributed by atoms with Crippen molar-refractivity contribution in [3.8, 4) is 5.75 Å². The van der Waals surface area contributed by atoms with Gasteiger partial charge in [0.25, 0.3) is 5.91 Å². The van der Waals surface area contributed by atoms with Crippen LogP contribution in [0.25, 0.3) is 0 Å². The largest absolute Gasteiger partial charge is 0.488 e. The van der Waals surface area contributed by atoms with Gasteiger partial charge in [-0.1, -0.05) is 5.16 Å². The number of hydrogen-bond acceptors (Lipinski definition) is 5. The van der Waals surface area contributed by atoms with Gasteiger partial charge in [-0.2, -0.15) is 0 Å². The van der Waals surface area contributed by atoms with Crippen molar-refractivity contribution >= 4 is 5.91 Å². The Kier molecular flexibility index (Phi) is 3.60. The van der Waals surface area contributed by atoms with Gasteiger partial charge >= 0.3 is 0 Å². The van der Waals surface area contributed by atoms with Crippen molar-refractivity contribution in [3.63, 3.8) is 0 Å². The molecule has 0 aromatic carbocycles. The third kappa shape index (κ3) is 2.74. The van der Waals surface area contributed by atoms with E-state index in [1.54, 1.807) is 31.1 Å². The minimum atomic E-state index is -0.0351. The summed E-state index contributed by atoms with van der Waals surface area (Å²) in [6, 6.07) is 3.64. The normalized spacial score (nSPS) is 18.0. The zero-order valence-electron chi connectivity index (χ0n) is 12.1. The third-order valence-corrected chi connectivity index (χ3v) is 3.63. The summed E-state index contributed by atoms with van der Waals surface area (Å²) in [6.07, 6.45) is 4.21. The average molecular weight is 287 g/mol. The molecule has 6 nitrogen and oxygen atoms in total. The molecule has 1 aliphatic heterocycles. The predicted octanol–water partition coefficient (Wildman–Crippen LogP) is 1.98. The maximum absolute atomic E-state index is 12.5. The number of ether oxygens (including phenoxy) is 1. The second-order valence-electron chi connectivity index (χ2n) is 5.16. The minimum absolute atomic E-state index is 0.0109. The summed E-state index contributed by atoms with van der Waals surface area (Å²) in [6.45, 7) is 4.79. The first-order valence-electron chi connectivity index (χ1n) is 6.94. The van der Waals surface area contributed by atoms with E-state index in [9.17, 15) is 4.79 Å². The number of aromatic nitrogens is 2. The number of pyridine rings is 1. The molecule has 3 rings (SSSR count). The lowest BCUT2D eigenvalue weighted by Gasteiger charge is -2.17. The van der Waals surface area contributed by atoms with Gasteiger partial charge in [0, 0.05) is 25.4 Å². The van der Waals surface area contributed by atoms with Crippen molar-refractivity contribution in [2.24, 2.45) is 0 Å². The van der Waals surface area contributed by atoms with Crippen LogP contribution in [0.1, 0.15) is 28.2 Å². The molecular formula is C15H17N3O3. The standard InChI is InChI=1S/C15H17N3O3/c1-10-14(11(2)21-17-10)15(19)18-8-5-13(9-18)20-12-3-6-16-7-4-12/h3-4,6-7,13H,5,8-9H2,1-2H3/t13-/m0/s1. The molecule has 2 aromatic heterocycles. The second-order valence-corrected chi connectivity index (χ2v) is 5.16. The van der Waals surface area contributed by atoms with E-state index in [0.717, 1.165) is 12.2 Å². The lowest BCUT2D eigenvalue weighted by atomic mass is 10.2. The maximum Gasteiger partial charge on any atom is 0.259 e. The fraction of sp³-hybridized carbons (Fsp3) is 0.400. The van der Waals surface area contributed by atoms with E-state index in [2.05, 4.69) is 10.1 Å². The quantitative estimate of drug-likeness (QED) is 0.863. The van der Waals surface area contributed by atoms with E-state index < -0.39 is 0 Å². The topological polar surface area (TPSA) is 68.5 Å². The third-order valence-electron chi connectivity index (χ3n) is 3.63. The molecule has 21 heavy (non-hydrogen) atoms. The first-order chi connectivity index (χ1) is 10.1. The van der Waals surface area contributed by atoms with Crippen LogP contribution in [0.5, 0.6) is 5.75 Å². The van der Waals surface area contributed by atoms with Crippen molar-refractivity contribution in [2.45, 2.75) is 26.4 Å². The highest BCUT2D eigenvalue weighted by atomic mass is 16.5. The first kappa shape index (κ1) is 13.6. The van der Waals surface area contributed by atoms with Crippen molar-refractivity contribution in [3.05, 3.63) is 41.5 Å². The fourth-order valence-corrected chi connectivity index (χ4v) is 2.56. The Morgan fingerprint density at radius 1 is 1.38 bits per heavy atom. The molecule has 0 radical (unpaired) electrons. The van der Waals surface area contributed by atoms with Gasteiger partial charge in [-0.3, -0.25) is 9.78 Å². The van der Waals surface area contributed by atoms with Crippen molar-refractivity contribution in [1.82, 2.24) is 15.0 Å². The number of rotatable bonds is 3. The molecule has 1 amide bonds. The van der Waals surface area contributed by atoms with Gasteiger partial charge in [0.05, 0.1) is 12.2 Å². The van der Waals surface area contributed by atoms with Gasteiger partial charge in [-0.25, -0.2) is 0 Å². The van der Waals surface area contributed by atoms with Crippen molar-refractivity contribution < 1.29 is 14.1 Å². The van der Waals surface area contributed by atoms with Crippen LogP contribution in [0.15, 0.2) is 29.0 Å². The van der Waals surface area contributed by atoms with E-state index in [1.165, 1.54) is 0 Å². The van der Waals surface area contributed by atoms with Crippen LogP contribution in [0.3, 0.4) is 0 Å². The highest BCUT2D eigenvalue weighted by molar-refractivity contribution is 5.96. The van der Waals surface area contributed by atoms with E-state index in [0.29, 0.717) is 30.1 Å². The summed E-state index contributed by atoms with van der Waals surface area (Å²) in [4.78, 5) is 18.3. The summed E-state index contributed by atoms with van der Waals surface area (Å²) in [7, 11) is 0. The minimum Gasteiger partial charge on any atom is -0.488 e. The van der Waals surface area contributed by atoms with E-state index in [4.69, 9.17) is 9.26 Å². The van der Waals surface area contributed by atoms with Gasteiger partial charge < -0.3 is 14.2 Å². The molecule has 110 valence electrons. The Labute approximate surface area is 122 Å². The zero-order valence-corrected chi connectivity index (χ0v) is 12.1. The van der Waals surface area contributed by atoms with Gasteiger partial charge in [0.2, 0.25) is 0 Å². The highest BCUT2D eigenvalue weighted by Crippen LogP contribution is 2.21. The van der Waals surface area contributed by atoms with Crippen LogP contribution in [0, 0.1) is 13.8 Å². The molecule has 1 fully saturated rings. The Morgan fingerprint density at radius 2 is 2.14 bits per heavy atom. The number of likely N-dealkylation sites (tertiary alicyclic amines) is 1. The van der Waals surface area contributed by atoms with E-state index in [1.807, 2.05) is 12.1 Å². The van der Waals surface area contributed by atoms with Crippen LogP contribution >= 0.6 is 0 Å². The molecule has 0 bridgehead atoms. The Balaban J connectivity index is 1.66. The molecule has 1 aliphatic rings. The van der Waals surface area contributed by atoms with Crippen LogP contribution in [0.4, 0.5) is 0 Å². The molecule has 0 saturated carbocycles. The first-order valence-corrected chi connectivity index (χ1v) is 6.94. The molecule has 1 saturated heterocycles. The van der Waals surface area contributed by atoms with Crippen LogP contribution in [-0.4, -0.2) is 40.1 Å². The fourth-order valence-electron chi connectivity index (χ4n) is 2.56. The summed E-state index contributed by atoms with van der Waals surface area (Å²) >= 11 is 0. The van der Waals surface area contributed by atoms with E-state index >= 15 is 0 Å². The van der Waals surface area contributed by atoms with Crippen LogP contribution in [-0.2, 0) is 0 Å². The van der Waals surface area contributed by atoms with Crippen molar-refractivity contribution in [2.75, 3.05) is 13.1 Å². The van der Waals surface area contributed by atoms with Gasteiger partial charge in [0.1, 0.15) is 23.2 Å². The van der Waals surface area contributed by atoms with Gasteiger partial charge in [-0.15, -0.1) is 0 Å². The molecule has 1 atom stereocenters. The second kappa shape index (κ2) is 5.55. The number of amides is 1. The highest BCUT2D eigenvalue weighted by Gasteiger charge is 2.31. The molecule has 0 unspecified atom stereocenters. The zero-order chi connectivity index (χ0) is 14.8. The van der Waals surface area contributed by atoms with Gasteiger partial charge in [0.15, 0.2) is 0 Å². The van der Waals surface area contributed by atoms with Crippen LogP contribution < -0.4 is 4.74 Å². The summed E-state index contributed by atoms with van der Waals surface area (Å²) in [5, 5.41) is 3.83. The smallest absolute Gasteiger partial charge is 0.259 e. The lowest BCUT2D eigenvalue weighted by molar-refractivity contribution is 0.0770. The Bertz CT molecular complexity index is 619. The monoisotopic (exact) mass is 287 g/mol. The van der Waals surface area contributed by atoms with Crippen LogP contribution in [0.2, 0.25) is 0 Å². The molecule has 3 heterocycles. The average Bonchev–Trinajstić information content (AvgIpc) is 3.07. The number of aryl methyl sites for hydroxylation is 2. The molecule has 0 aliphatic carbocycles. The number of carbonyl (C=O) groups excluding carboxylic acids is 1. The van der Waals surface area contributed by atoms with Gasteiger partial charge in [-0.05, 0) is 26.0 Å². The maximum atomic E-state index is 12.5. The number of carbonyl (C=O) groups is 1. The number of hydrogen-bond donors (Lipinski definition) is 0. The SMILES string of the molecule is Cc1noc(C)c1C(=O)N1CC[C@H](Oc2ccncc2)C1. The summed E-state index contributed by atoms with van der Waals surface area (Å²) < 4.78 is 10.9.